The molecule has 0 saturated carbocycles. The van der Waals surface area contributed by atoms with Crippen molar-refractivity contribution in [1.82, 2.24) is 0 Å². The molecule has 2 atom stereocenters. The zero-order valence-electron chi connectivity index (χ0n) is 9.07. The zero-order chi connectivity index (χ0) is 13.0. The molecular formula is C11H14F2N2O2. The number of carboxylic acids is 1. The second-order valence-electron chi connectivity index (χ2n) is 3.73. The van der Waals surface area contributed by atoms with E-state index in [1.807, 2.05) is 0 Å². The Morgan fingerprint density at radius 1 is 1.18 bits per heavy atom. The van der Waals surface area contributed by atoms with Crippen molar-refractivity contribution < 1.29 is 18.7 Å². The fourth-order valence-electron chi connectivity index (χ4n) is 1.57. The molecule has 0 aromatic heterocycles. The summed E-state index contributed by atoms with van der Waals surface area (Å²) >= 11 is 0. The second-order valence-corrected chi connectivity index (χ2v) is 3.73. The molecule has 17 heavy (non-hydrogen) atoms. The van der Waals surface area contributed by atoms with Crippen molar-refractivity contribution in [2.45, 2.75) is 25.4 Å². The van der Waals surface area contributed by atoms with Crippen LogP contribution in [0.4, 0.5) is 8.78 Å². The first kappa shape index (κ1) is 13.5. The van der Waals surface area contributed by atoms with Gasteiger partial charge in [0.05, 0.1) is 5.56 Å². The van der Waals surface area contributed by atoms with Crippen molar-refractivity contribution in [2.75, 3.05) is 0 Å². The van der Waals surface area contributed by atoms with Gasteiger partial charge < -0.3 is 16.6 Å². The lowest BCUT2D eigenvalue weighted by atomic mass is 9.98. The molecule has 2 unspecified atom stereocenters. The maximum absolute atomic E-state index is 12.7. The number of nitrogens with two attached hydrogens (primary N) is 2. The minimum absolute atomic E-state index is 0.0110. The quantitative estimate of drug-likeness (QED) is 0.673. The van der Waals surface area contributed by atoms with Gasteiger partial charge >= 0.3 is 5.97 Å². The average molecular weight is 244 g/mol. The van der Waals surface area contributed by atoms with Crippen molar-refractivity contribution in [3.05, 3.63) is 34.9 Å². The lowest BCUT2D eigenvalue weighted by Crippen LogP contribution is -2.21. The average Bonchev–Trinajstić information content (AvgIpc) is 2.18. The van der Waals surface area contributed by atoms with Crippen LogP contribution in [-0.4, -0.2) is 23.7 Å². The zero-order valence-corrected chi connectivity index (χ0v) is 9.07. The third-order valence-corrected chi connectivity index (χ3v) is 2.28. The predicted octanol–water partition coefficient (Wildman–Crippen LogP) is 0.978. The Labute approximate surface area is 97.2 Å². The Morgan fingerprint density at radius 3 is 2.18 bits per heavy atom. The summed E-state index contributed by atoms with van der Waals surface area (Å²) in [7, 11) is 0. The number of aromatic carboxylic acids is 1. The first-order valence-electron chi connectivity index (χ1n) is 5.04. The van der Waals surface area contributed by atoms with Gasteiger partial charge in [0.15, 0.2) is 12.6 Å². The van der Waals surface area contributed by atoms with E-state index in [1.54, 1.807) is 0 Å². The largest absolute Gasteiger partial charge is 0.478 e. The topological polar surface area (TPSA) is 89.3 Å². The predicted molar refractivity (Wildman–Crippen MR) is 59.0 cm³/mol. The number of halogens is 2. The molecule has 0 heterocycles. The minimum atomic E-state index is -1.62. The number of hydrogen-bond donors (Lipinski definition) is 3. The van der Waals surface area contributed by atoms with Crippen LogP contribution in [0.15, 0.2) is 18.2 Å². The number of rotatable bonds is 5. The summed E-state index contributed by atoms with van der Waals surface area (Å²) in [5.74, 6) is -1.13. The van der Waals surface area contributed by atoms with Gasteiger partial charge in [-0.1, -0.05) is 6.07 Å². The molecular weight excluding hydrogens is 230 g/mol. The summed E-state index contributed by atoms with van der Waals surface area (Å²) in [4.78, 5) is 10.7. The van der Waals surface area contributed by atoms with Gasteiger partial charge in [-0.25, -0.2) is 13.6 Å². The fourth-order valence-corrected chi connectivity index (χ4v) is 1.57. The highest BCUT2D eigenvalue weighted by Gasteiger charge is 2.13. The summed E-state index contributed by atoms with van der Waals surface area (Å²) in [5, 5.41) is 8.79. The van der Waals surface area contributed by atoms with Crippen LogP contribution in [0.5, 0.6) is 0 Å². The SMILES string of the molecule is NC(F)Cc1ccc(C(=O)O)cc1CC(N)F. The summed E-state index contributed by atoms with van der Waals surface area (Å²) in [6.07, 6.45) is -3.45. The van der Waals surface area contributed by atoms with E-state index in [4.69, 9.17) is 16.6 Å². The van der Waals surface area contributed by atoms with E-state index in [-0.39, 0.29) is 18.4 Å². The summed E-state index contributed by atoms with van der Waals surface area (Å²) in [6, 6.07) is 4.05. The molecule has 4 nitrogen and oxygen atoms in total. The molecule has 0 saturated heterocycles. The molecule has 0 fully saturated rings. The molecule has 1 rings (SSSR count). The molecule has 0 aliphatic rings. The highest BCUT2D eigenvalue weighted by Crippen LogP contribution is 2.16. The standard InChI is InChI=1S/C11H14F2N2O2/c12-9(14)4-6-1-2-7(11(16)17)3-8(6)5-10(13)15/h1-3,9-10H,4-5,14-15H2,(H,16,17). The Hall–Kier alpha value is -1.53. The number of hydrogen-bond acceptors (Lipinski definition) is 3. The third kappa shape index (κ3) is 4.08. The molecule has 0 aliphatic carbocycles. The molecule has 5 N–H and O–H groups in total. The van der Waals surface area contributed by atoms with E-state index in [0.29, 0.717) is 11.1 Å². The van der Waals surface area contributed by atoms with Crippen LogP contribution < -0.4 is 11.5 Å². The van der Waals surface area contributed by atoms with E-state index < -0.39 is 18.6 Å². The second kappa shape index (κ2) is 5.70. The van der Waals surface area contributed by atoms with Crippen LogP contribution in [-0.2, 0) is 12.8 Å². The van der Waals surface area contributed by atoms with Crippen LogP contribution in [0.2, 0.25) is 0 Å². The number of alkyl halides is 2. The van der Waals surface area contributed by atoms with Gasteiger partial charge in [-0.2, -0.15) is 0 Å². The maximum atomic E-state index is 12.7. The number of carboxylic acid groups (broad SMARTS) is 1. The van der Waals surface area contributed by atoms with Crippen LogP contribution in [0, 0.1) is 0 Å². The normalized spacial score (nSPS) is 14.4. The van der Waals surface area contributed by atoms with Crippen molar-refractivity contribution >= 4 is 5.97 Å². The lowest BCUT2D eigenvalue weighted by molar-refractivity contribution is 0.0696. The highest BCUT2D eigenvalue weighted by molar-refractivity contribution is 5.87. The van der Waals surface area contributed by atoms with E-state index >= 15 is 0 Å². The third-order valence-electron chi connectivity index (χ3n) is 2.28. The first-order valence-corrected chi connectivity index (χ1v) is 5.04. The molecule has 6 heteroatoms. The Kier molecular flexibility index (Phi) is 4.53. The van der Waals surface area contributed by atoms with Crippen molar-refractivity contribution in [3.63, 3.8) is 0 Å². The van der Waals surface area contributed by atoms with E-state index in [9.17, 15) is 13.6 Å². The van der Waals surface area contributed by atoms with Crippen LogP contribution >= 0.6 is 0 Å². The smallest absolute Gasteiger partial charge is 0.335 e. The first-order chi connectivity index (χ1) is 7.90. The fraction of sp³-hybridized carbons (Fsp3) is 0.364. The summed E-state index contributed by atoms with van der Waals surface area (Å²) < 4.78 is 25.4. The van der Waals surface area contributed by atoms with E-state index in [0.717, 1.165) is 0 Å². The van der Waals surface area contributed by atoms with Gasteiger partial charge in [-0.15, -0.1) is 0 Å². The molecule has 1 aromatic rings. The van der Waals surface area contributed by atoms with Crippen LogP contribution in [0.3, 0.4) is 0 Å². The molecule has 0 radical (unpaired) electrons. The van der Waals surface area contributed by atoms with E-state index in [2.05, 4.69) is 0 Å². The van der Waals surface area contributed by atoms with Gasteiger partial charge in [0.1, 0.15) is 0 Å². The van der Waals surface area contributed by atoms with Crippen molar-refractivity contribution in [2.24, 2.45) is 11.5 Å². The van der Waals surface area contributed by atoms with Crippen LogP contribution in [0.1, 0.15) is 21.5 Å². The lowest BCUT2D eigenvalue weighted by Gasteiger charge is -2.12. The van der Waals surface area contributed by atoms with Crippen molar-refractivity contribution in [1.29, 1.82) is 0 Å². The summed E-state index contributed by atoms with van der Waals surface area (Å²) in [6.45, 7) is 0. The number of carbonyl (C=O) groups is 1. The monoisotopic (exact) mass is 244 g/mol. The van der Waals surface area contributed by atoms with Gasteiger partial charge in [0.25, 0.3) is 0 Å². The Morgan fingerprint density at radius 2 is 1.71 bits per heavy atom. The highest BCUT2D eigenvalue weighted by atomic mass is 19.1. The molecule has 94 valence electrons. The minimum Gasteiger partial charge on any atom is -0.478 e. The Balaban J connectivity index is 3.07. The van der Waals surface area contributed by atoms with E-state index in [1.165, 1.54) is 18.2 Å². The molecule has 0 bridgehead atoms. The maximum Gasteiger partial charge on any atom is 0.335 e. The van der Waals surface area contributed by atoms with Gasteiger partial charge in [0, 0.05) is 12.8 Å². The van der Waals surface area contributed by atoms with Gasteiger partial charge in [0.2, 0.25) is 0 Å². The molecule has 0 amide bonds. The van der Waals surface area contributed by atoms with Crippen molar-refractivity contribution in [3.8, 4) is 0 Å². The molecule has 1 aromatic carbocycles. The van der Waals surface area contributed by atoms with Gasteiger partial charge in [-0.3, -0.25) is 0 Å². The number of benzene rings is 1. The molecule has 0 spiro atoms. The van der Waals surface area contributed by atoms with Gasteiger partial charge in [-0.05, 0) is 23.3 Å². The molecule has 0 aliphatic heterocycles. The summed E-state index contributed by atoms with van der Waals surface area (Å²) in [5.41, 5.74) is 10.9. The Bertz CT molecular complexity index is 408. The van der Waals surface area contributed by atoms with Crippen LogP contribution in [0.25, 0.3) is 0 Å².